The van der Waals surface area contributed by atoms with E-state index in [4.69, 9.17) is 7.85 Å². The Morgan fingerprint density at radius 2 is 2.06 bits per heavy atom. The molecule has 18 heavy (non-hydrogen) atoms. The van der Waals surface area contributed by atoms with Crippen LogP contribution in [0.3, 0.4) is 0 Å². The predicted octanol–water partition coefficient (Wildman–Crippen LogP) is 0.141. The van der Waals surface area contributed by atoms with E-state index in [1.165, 1.54) is 16.7 Å². The van der Waals surface area contributed by atoms with Crippen molar-refractivity contribution in [2.45, 2.75) is 17.7 Å². The van der Waals surface area contributed by atoms with Gasteiger partial charge in [0.15, 0.2) is 0 Å². The van der Waals surface area contributed by atoms with Crippen molar-refractivity contribution in [3.8, 4) is 0 Å². The van der Waals surface area contributed by atoms with Gasteiger partial charge in [-0.15, -0.1) is 0 Å². The van der Waals surface area contributed by atoms with Crippen molar-refractivity contribution in [3.05, 3.63) is 18.5 Å². The van der Waals surface area contributed by atoms with E-state index in [1.807, 2.05) is 0 Å². The molecule has 2 aromatic rings. The summed E-state index contributed by atoms with van der Waals surface area (Å²) >= 11 is 0. The molecule has 0 spiro atoms. The zero-order chi connectivity index (χ0) is 12.8. The lowest BCUT2D eigenvalue weighted by Gasteiger charge is -2.14. The lowest BCUT2D eigenvalue weighted by Crippen LogP contribution is -2.27. The van der Waals surface area contributed by atoms with Crippen molar-refractivity contribution in [1.29, 1.82) is 0 Å². The minimum Gasteiger partial charge on any atom is -0.345 e. The van der Waals surface area contributed by atoms with Gasteiger partial charge in [-0.3, -0.25) is 0 Å². The Hall–Kier alpha value is -1.34. The van der Waals surface area contributed by atoms with Crippen molar-refractivity contribution in [3.63, 3.8) is 0 Å². The number of hydrogen-bond acceptors (Lipinski definition) is 3. The quantitative estimate of drug-likeness (QED) is 0.782. The number of H-pyrrole nitrogens is 1. The Balaban J connectivity index is 2.16. The number of aromatic nitrogens is 2. The van der Waals surface area contributed by atoms with Crippen molar-refractivity contribution < 1.29 is 8.42 Å². The molecule has 1 N–H and O–H groups in total. The van der Waals surface area contributed by atoms with Gasteiger partial charge < -0.3 is 4.98 Å². The van der Waals surface area contributed by atoms with Crippen LogP contribution in [0.15, 0.2) is 23.4 Å². The van der Waals surface area contributed by atoms with Gasteiger partial charge in [0.2, 0.25) is 10.0 Å². The van der Waals surface area contributed by atoms with E-state index in [0.717, 1.165) is 12.8 Å². The van der Waals surface area contributed by atoms with Crippen LogP contribution in [-0.4, -0.2) is 43.6 Å². The van der Waals surface area contributed by atoms with E-state index in [9.17, 15) is 8.42 Å². The summed E-state index contributed by atoms with van der Waals surface area (Å²) < 4.78 is 26.4. The first kappa shape index (κ1) is 11.7. The molecule has 92 valence electrons. The maximum absolute atomic E-state index is 12.5. The Morgan fingerprint density at radius 3 is 2.78 bits per heavy atom. The Labute approximate surface area is 107 Å². The highest BCUT2D eigenvalue weighted by Gasteiger charge is 2.29. The highest BCUT2D eigenvalue weighted by molar-refractivity contribution is 7.89. The zero-order valence-corrected chi connectivity index (χ0v) is 10.6. The fourth-order valence-corrected chi connectivity index (χ4v) is 3.93. The molecule has 0 aliphatic carbocycles. The number of sulfonamides is 1. The van der Waals surface area contributed by atoms with Crippen LogP contribution >= 0.6 is 0 Å². The number of nitrogens with zero attached hydrogens (tertiary/aromatic N) is 2. The summed E-state index contributed by atoms with van der Waals surface area (Å²) in [6, 6.07) is 1.64. The second-order valence-corrected chi connectivity index (χ2v) is 6.34. The second kappa shape index (κ2) is 4.10. The summed E-state index contributed by atoms with van der Waals surface area (Å²) in [5.41, 5.74) is 1.00. The van der Waals surface area contributed by atoms with Crippen molar-refractivity contribution >= 4 is 34.4 Å². The lowest BCUT2D eigenvalue weighted by atomic mass is 9.98. The number of hydrogen-bond donors (Lipinski definition) is 1. The summed E-state index contributed by atoms with van der Waals surface area (Å²) in [6.45, 7) is 1.18. The van der Waals surface area contributed by atoms with E-state index in [0.29, 0.717) is 29.6 Å². The van der Waals surface area contributed by atoms with Crippen LogP contribution in [0.2, 0.25) is 0 Å². The van der Waals surface area contributed by atoms with E-state index < -0.39 is 10.0 Å². The first-order chi connectivity index (χ1) is 8.59. The predicted molar refractivity (Wildman–Crippen MR) is 69.5 cm³/mol. The number of aromatic amines is 1. The molecule has 3 heterocycles. The highest BCUT2D eigenvalue weighted by Crippen LogP contribution is 2.26. The zero-order valence-electron chi connectivity index (χ0n) is 9.76. The molecule has 2 aromatic heterocycles. The van der Waals surface area contributed by atoms with Gasteiger partial charge >= 0.3 is 0 Å². The number of rotatable bonds is 2. The Kier molecular flexibility index (Phi) is 2.67. The molecular weight excluding hydrogens is 249 g/mol. The average molecular weight is 261 g/mol. The fourth-order valence-electron chi connectivity index (χ4n) is 2.28. The van der Waals surface area contributed by atoms with Crippen LogP contribution in [0.5, 0.6) is 0 Å². The van der Waals surface area contributed by atoms with Crippen LogP contribution in [0.25, 0.3) is 11.0 Å². The number of pyridine rings is 1. The van der Waals surface area contributed by atoms with E-state index in [1.54, 1.807) is 6.07 Å². The number of nitrogens with one attached hydrogen (secondary N) is 1. The summed E-state index contributed by atoms with van der Waals surface area (Å²) in [4.78, 5) is 7.21. The van der Waals surface area contributed by atoms with Crippen molar-refractivity contribution in [2.24, 2.45) is 0 Å². The van der Waals surface area contributed by atoms with Crippen LogP contribution in [-0.2, 0) is 10.0 Å². The number of fused-ring (bicyclic) bond motifs is 1. The lowest BCUT2D eigenvalue weighted by molar-refractivity contribution is 0.478. The summed E-state index contributed by atoms with van der Waals surface area (Å²) in [5.74, 6) is 0. The van der Waals surface area contributed by atoms with E-state index in [-0.39, 0.29) is 4.90 Å². The second-order valence-electron chi connectivity index (χ2n) is 4.43. The van der Waals surface area contributed by atoms with Gasteiger partial charge in [0.1, 0.15) is 18.4 Å². The summed E-state index contributed by atoms with van der Waals surface area (Å²) in [7, 11) is 2.23. The standard InChI is InChI=1S/C11H12BN3O2S/c12-8-5-9-10(7-14-11(9)13-6-8)18(16,17)15-3-1-2-4-15/h5-7H,1-4H2,(H,13,14). The highest BCUT2D eigenvalue weighted by atomic mass is 32.2. The molecule has 2 radical (unpaired) electrons. The van der Waals surface area contributed by atoms with Gasteiger partial charge in [0, 0.05) is 30.9 Å². The third-order valence-corrected chi connectivity index (χ3v) is 5.14. The molecule has 1 saturated heterocycles. The molecule has 1 fully saturated rings. The fraction of sp³-hybridized carbons (Fsp3) is 0.364. The molecule has 3 rings (SSSR count). The molecule has 0 atom stereocenters. The molecule has 0 saturated carbocycles. The van der Waals surface area contributed by atoms with Gasteiger partial charge in [0.25, 0.3) is 0 Å². The van der Waals surface area contributed by atoms with E-state index in [2.05, 4.69) is 9.97 Å². The third kappa shape index (κ3) is 1.74. The van der Waals surface area contributed by atoms with Gasteiger partial charge in [-0.2, -0.15) is 4.31 Å². The molecule has 0 amide bonds. The minimum absolute atomic E-state index is 0.263. The van der Waals surface area contributed by atoms with Crippen molar-refractivity contribution in [2.75, 3.05) is 13.1 Å². The largest absolute Gasteiger partial charge is 0.345 e. The molecule has 0 aromatic carbocycles. The molecule has 0 unspecified atom stereocenters. The summed E-state index contributed by atoms with van der Waals surface area (Å²) in [5, 5.41) is 0.557. The van der Waals surface area contributed by atoms with Gasteiger partial charge in [-0.25, -0.2) is 13.4 Å². The smallest absolute Gasteiger partial charge is 0.245 e. The van der Waals surface area contributed by atoms with Gasteiger partial charge in [-0.1, -0.05) is 11.5 Å². The van der Waals surface area contributed by atoms with Crippen molar-refractivity contribution in [1.82, 2.24) is 14.3 Å². The first-order valence-corrected chi connectivity index (χ1v) is 7.26. The Bertz CT molecular complexity index is 689. The maximum atomic E-state index is 12.5. The SMILES string of the molecule is [B]c1cnc2[nH]cc(S(=O)(=O)N3CCCC3)c2c1. The van der Waals surface area contributed by atoms with Gasteiger partial charge in [-0.05, 0) is 12.8 Å². The normalized spacial score (nSPS) is 17.6. The van der Waals surface area contributed by atoms with E-state index >= 15 is 0 Å². The third-order valence-electron chi connectivity index (χ3n) is 3.20. The van der Waals surface area contributed by atoms with Crippen LogP contribution in [0, 0.1) is 0 Å². The molecule has 1 aliphatic heterocycles. The molecular formula is C11H12BN3O2S. The summed E-state index contributed by atoms with van der Waals surface area (Å²) in [6.07, 6.45) is 4.83. The van der Waals surface area contributed by atoms with Gasteiger partial charge in [0.05, 0.1) is 0 Å². The molecule has 7 heteroatoms. The minimum atomic E-state index is -3.43. The molecule has 5 nitrogen and oxygen atoms in total. The maximum Gasteiger partial charge on any atom is 0.245 e. The van der Waals surface area contributed by atoms with Crippen LogP contribution in [0.1, 0.15) is 12.8 Å². The topological polar surface area (TPSA) is 66.1 Å². The Morgan fingerprint density at radius 1 is 1.33 bits per heavy atom. The average Bonchev–Trinajstić information content (AvgIpc) is 2.97. The van der Waals surface area contributed by atoms with Crippen LogP contribution in [0.4, 0.5) is 0 Å². The van der Waals surface area contributed by atoms with Crippen LogP contribution < -0.4 is 5.46 Å². The first-order valence-electron chi connectivity index (χ1n) is 5.82. The molecule has 1 aliphatic rings. The monoisotopic (exact) mass is 261 g/mol. The molecule has 0 bridgehead atoms.